The zero-order valence-electron chi connectivity index (χ0n) is 42.7. The summed E-state index contributed by atoms with van der Waals surface area (Å²) in [5.41, 5.74) is 7.81. The van der Waals surface area contributed by atoms with Crippen LogP contribution < -0.4 is 37.3 Å². The molecule has 262 valence electrons. The number of fused-ring (bicyclic) bond motifs is 5. The molecule has 0 aliphatic carbocycles. The molecule has 0 saturated carbocycles. The minimum atomic E-state index is -2.83. The van der Waals surface area contributed by atoms with Crippen molar-refractivity contribution in [2.75, 3.05) is 0 Å². The second-order valence-electron chi connectivity index (χ2n) is 14.6. The molecule has 1 aliphatic rings. The second-order valence-corrected chi connectivity index (χ2v) is 14.6. The first kappa shape index (κ1) is 23.1. The molecule has 0 unspecified atom stereocenters. The van der Waals surface area contributed by atoms with E-state index in [1.807, 2.05) is 69.3 Å². The number of hydrogen-bond acceptors (Lipinski definition) is 3. The lowest BCUT2D eigenvalue weighted by Gasteiger charge is -2.35. The number of rotatable bonds is 4. The Morgan fingerprint density at radius 2 is 1.20 bits per heavy atom. The third kappa shape index (κ3) is 5.18. The van der Waals surface area contributed by atoms with Crippen molar-refractivity contribution in [1.29, 1.82) is 0 Å². The molecule has 0 N–H and O–H groups in total. The zero-order chi connectivity index (χ0) is 47.6. The normalized spacial score (nSPS) is 16.7. The maximum absolute atomic E-state index is 9.15. The fourth-order valence-corrected chi connectivity index (χ4v) is 8.72. The molecular formula is C48H44B2N3O+. The molecule has 1 aliphatic heterocycles. The lowest BCUT2D eigenvalue weighted by molar-refractivity contribution is -0.660. The molecule has 4 nitrogen and oxygen atoms in total. The molecule has 6 heteroatoms. The predicted octanol–water partition coefficient (Wildman–Crippen LogP) is 6.35. The van der Waals surface area contributed by atoms with Gasteiger partial charge in [0.1, 0.15) is 12.9 Å². The van der Waals surface area contributed by atoms with Gasteiger partial charge in [0, 0.05) is 39.7 Å². The van der Waals surface area contributed by atoms with Crippen LogP contribution in [0.15, 0.2) is 108 Å². The Labute approximate surface area is 336 Å². The molecule has 8 aromatic rings. The maximum Gasteiger partial charge on any atom is 0.240 e. The quantitative estimate of drug-likeness (QED) is 0.158. The van der Waals surface area contributed by atoms with Crippen LogP contribution in [0.2, 0.25) is 0 Å². The molecule has 0 radical (unpaired) electrons. The molecule has 0 atom stereocenters. The van der Waals surface area contributed by atoms with Crippen molar-refractivity contribution >= 4 is 68.3 Å². The number of hydrogen-bond donors (Lipinski definition) is 0. The van der Waals surface area contributed by atoms with Crippen molar-refractivity contribution in [1.82, 2.24) is 9.97 Å². The molecule has 0 spiro atoms. The van der Waals surface area contributed by atoms with Gasteiger partial charge >= 0.3 is 0 Å². The monoisotopic (exact) mass is 712 g/mol. The van der Waals surface area contributed by atoms with Crippen molar-refractivity contribution < 1.29 is 25.4 Å². The number of aryl methyl sites for hydroxylation is 9. The Balaban J connectivity index is 1.45. The summed E-state index contributed by atoms with van der Waals surface area (Å²) in [4.78, 5) is 8.92. The zero-order valence-corrected chi connectivity index (χ0v) is 30.7. The Morgan fingerprint density at radius 1 is 0.593 bits per heavy atom. The molecule has 4 heterocycles. The molecule has 0 amide bonds. The first-order valence-electron chi connectivity index (χ1n) is 24.0. The van der Waals surface area contributed by atoms with Crippen molar-refractivity contribution in [3.63, 3.8) is 0 Å². The van der Waals surface area contributed by atoms with E-state index in [1.165, 1.54) is 6.20 Å². The van der Waals surface area contributed by atoms with Gasteiger partial charge in [-0.2, -0.15) is 4.98 Å². The summed E-state index contributed by atoms with van der Waals surface area (Å²) in [6, 6.07) is 26.6. The maximum atomic E-state index is 9.15. The molecule has 0 saturated heterocycles. The molecule has 0 bridgehead atoms. The van der Waals surface area contributed by atoms with Crippen LogP contribution in [0.3, 0.4) is 0 Å². The van der Waals surface area contributed by atoms with Gasteiger partial charge in [-0.15, -0.1) is 0 Å². The highest BCUT2D eigenvalue weighted by atomic mass is 16.3. The van der Waals surface area contributed by atoms with Gasteiger partial charge in [0.05, 0.1) is 10.9 Å². The van der Waals surface area contributed by atoms with Gasteiger partial charge in [-0.1, -0.05) is 140 Å². The van der Waals surface area contributed by atoms with E-state index in [1.54, 1.807) is 67.2 Å². The lowest BCUT2D eigenvalue weighted by atomic mass is 9.20. The number of furan rings is 1. The van der Waals surface area contributed by atoms with Gasteiger partial charge < -0.3 is 4.42 Å². The van der Waals surface area contributed by atoms with E-state index >= 15 is 0 Å². The Morgan fingerprint density at radius 3 is 1.85 bits per heavy atom. The van der Waals surface area contributed by atoms with Crippen molar-refractivity contribution in [2.24, 2.45) is 7.05 Å². The highest BCUT2D eigenvalue weighted by Gasteiger charge is 2.41. The molecular weight excluding hydrogens is 656 g/mol. The standard InChI is InChI=1S/C48H44B2N3O/c1-27-20-21-35-38-25-51-34(8)52-48(38)54-47(35)44(27)43-24-37(33(7)26-53(43)9)36-23-42-41(22-32(36)6)49(45-28(2)14-12-15-29(45)3)39-18-10-11-19-40(39)50(42)46-30(4)16-13-17-31(46)5/h10-26H,1-9H3/q+1/i2D3,4D3,6D3,7D3. The van der Waals surface area contributed by atoms with Crippen molar-refractivity contribution in [3.05, 3.63) is 148 Å². The summed E-state index contributed by atoms with van der Waals surface area (Å²) in [5, 5.41) is 1.44. The Kier molecular flexibility index (Phi) is 5.44. The highest BCUT2D eigenvalue weighted by molar-refractivity contribution is 7.11. The largest absolute Gasteiger partial charge is 0.437 e. The average Bonchev–Trinajstić information content (AvgIpc) is 3.59. The number of benzene rings is 5. The fourth-order valence-electron chi connectivity index (χ4n) is 8.72. The minimum absolute atomic E-state index is 0.103. The summed E-state index contributed by atoms with van der Waals surface area (Å²) in [5.74, 6) is 0.524. The van der Waals surface area contributed by atoms with Crippen LogP contribution in [-0.4, -0.2) is 23.4 Å². The topological polar surface area (TPSA) is 42.8 Å². The highest BCUT2D eigenvalue weighted by Crippen LogP contribution is 2.38. The van der Waals surface area contributed by atoms with Crippen LogP contribution in [0.4, 0.5) is 0 Å². The van der Waals surface area contributed by atoms with Gasteiger partial charge in [-0.05, 0) is 77.4 Å². The van der Waals surface area contributed by atoms with E-state index in [2.05, 4.69) is 9.97 Å². The SMILES string of the molecule is [2H]C([2H])([2H])c1cc2c(cc1-c1cc(-c3c(C)ccc4c3oc3nc(C)ncc34)[n+](C)cc1C([2H])([2H])[2H])B(c1c(C)cccc1C([2H])([2H])[2H])c1ccccc1B2c1c(C)cccc1C([2H])([2H])[2H]. The van der Waals surface area contributed by atoms with Crippen LogP contribution in [0.1, 0.15) is 61.2 Å². The van der Waals surface area contributed by atoms with Crippen LogP contribution >= 0.6 is 0 Å². The Hall–Kier alpha value is -5.74. The van der Waals surface area contributed by atoms with Gasteiger partial charge in [-0.3, -0.25) is 0 Å². The van der Waals surface area contributed by atoms with Gasteiger partial charge in [-0.25, -0.2) is 9.55 Å². The van der Waals surface area contributed by atoms with Crippen molar-refractivity contribution in [3.8, 4) is 22.4 Å². The van der Waals surface area contributed by atoms with Crippen LogP contribution in [0.25, 0.3) is 44.5 Å². The van der Waals surface area contributed by atoms with Crippen LogP contribution in [-0.2, 0) is 7.05 Å². The van der Waals surface area contributed by atoms with E-state index in [0.29, 0.717) is 77.7 Å². The van der Waals surface area contributed by atoms with Gasteiger partial charge in [0.15, 0.2) is 11.8 Å². The summed E-state index contributed by atoms with van der Waals surface area (Å²) < 4.78 is 115. The molecule has 5 aromatic carbocycles. The van der Waals surface area contributed by atoms with Crippen LogP contribution in [0.5, 0.6) is 0 Å². The van der Waals surface area contributed by atoms with E-state index in [0.717, 1.165) is 10.9 Å². The first-order valence-corrected chi connectivity index (χ1v) is 18.0. The van der Waals surface area contributed by atoms with E-state index in [9.17, 15) is 0 Å². The second kappa shape index (κ2) is 12.7. The summed E-state index contributed by atoms with van der Waals surface area (Å²) in [6.45, 7) is -4.95. The first-order chi connectivity index (χ1) is 30.9. The minimum Gasteiger partial charge on any atom is -0.437 e. The summed E-state index contributed by atoms with van der Waals surface area (Å²) in [7, 11) is 1.73. The number of aromatic nitrogens is 3. The van der Waals surface area contributed by atoms with E-state index in [-0.39, 0.29) is 33.4 Å². The summed E-state index contributed by atoms with van der Waals surface area (Å²) in [6.07, 6.45) is 3.21. The molecule has 3 aromatic heterocycles. The lowest BCUT2D eigenvalue weighted by Crippen LogP contribution is -2.76. The molecule has 9 rings (SSSR count). The molecule has 54 heavy (non-hydrogen) atoms. The van der Waals surface area contributed by atoms with E-state index < -0.39 is 40.8 Å². The van der Waals surface area contributed by atoms with Crippen LogP contribution in [0, 0.1) is 55.1 Å². The fraction of sp³-hybridized carbons (Fsp3) is 0.188. The number of pyridine rings is 1. The smallest absolute Gasteiger partial charge is 0.240 e. The summed E-state index contributed by atoms with van der Waals surface area (Å²) >= 11 is 0. The molecule has 0 fully saturated rings. The van der Waals surface area contributed by atoms with Gasteiger partial charge in [0.25, 0.3) is 0 Å². The Bertz CT molecular complexity index is 3300. The predicted molar refractivity (Wildman–Crippen MR) is 228 cm³/mol. The van der Waals surface area contributed by atoms with Gasteiger partial charge in [0.2, 0.25) is 24.8 Å². The van der Waals surface area contributed by atoms with Crippen molar-refractivity contribution in [2.45, 2.75) is 55.1 Å². The third-order valence-electron chi connectivity index (χ3n) is 11.2. The average molecular weight is 713 g/mol. The number of nitrogens with zero attached hydrogens (tertiary/aromatic N) is 3. The third-order valence-corrected chi connectivity index (χ3v) is 11.2. The van der Waals surface area contributed by atoms with E-state index in [4.69, 9.17) is 20.9 Å².